The summed E-state index contributed by atoms with van der Waals surface area (Å²) in [6.45, 7) is 4.81. The van der Waals surface area contributed by atoms with Crippen LogP contribution in [0.25, 0.3) is 22.2 Å². The van der Waals surface area contributed by atoms with Gasteiger partial charge in [0, 0.05) is 28.1 Å². The molecule has 1 atom stereocenters. The molecule has 3 aromatic carbocycles. The minimum atomic E-state index is -3.43. The summed E-state index contributed by atoms with van der Waals surface area (Å²) in [6.07, 6.45) is 1.33. The van der Waals surface area contributed by atoms with Crippen molar-refractivity contribution in [3.05, 3.63) is 93.5 Å². The van der Waals surface area contributed by atoms with Crippen molar-refractivity contribution in [2.75, 3.05) is 5.32 Å². The zero-order valence-electron chi connectivity index (χ0n) is 23.3. The third-order valence-electron chi connectivity index (χ3n) is 6.59. The van der Waals surface area contributed by atoms with Crippen molar-refractivity contribution in [2.24, 2.45) is 0 Å². The van der Waals surface area contributed by atoms with E-state index in [1.807, 2.05) is 0 Å². The van der Waals surface area contributed by atoms with Gasteiger partial charge in [0.05, 0.1) is 21.5 Å². The van der Waals surface area contributed by atoms with Crippen LogP contribution in [0.2, 0.25) is 5.02 Å². The molecule has 8 nitrogen and oxygen atoms in total. The van der Waals surface area contributed by atoms with E-state index in [-0.39, 0.29) is 24.6 Å². The van der Waals surface area contributed by atoms with Gasteiger partial charge in [-0.1, -0.05) is 23.7 Å². The third kappa shape index (κ3) is 7.10. The number of aromatic nitrogens is 3. The number of hydrogen-bond acceptors (Lipinski definition) is 9. The highest BCUT2D eigenvalue weighted by Crippen LogP contribution is 2.34. The summed E-state index contributed by atoms with van der Waals surface area (Å²) in [4.78, 5) is 13.0. The van der Waals surface area contributed by atoms with Gasteiger partial charge in [-0.25, -0.2) is 32.2 Å². The van der Waals surface area contributed by atoms with E-state index in [0.29, 0.717) is 49.4 Å². The Morgan fingerprint density at radius 1 is 1.02 bits per heavy atom. The molecule has 224 valence electrons. The van der Waals surface area contributed by atoms with E-state index in [4.69, 9.17) is 21.1 Å². The fourth-order valence-corrected chi connectivity index (χ4v) is 6.14. The van der Waals surface area contributed by atoms with E-state index in [0.717, 1.165) is 0 Å². The number of anilines is 2. The molecule has 5 aromatic rings. The first-order chi connectivity index (χ1) is 20.5. The lowest BCUT2D eigenvalue weighted by Gasteiger charge is -2.15. The second-order valence-corrected chi connectivity index (χ2v) is 14.0. The minimum absolute atomic E-state index is 0.0222. The van der Waals surface area contributed by atoms with Gasteiger partial charge in [-0.3, -0.25) is 0 Å². The Morgan fingerprint density at radius 2 is 1.84 bits per heavy atom. The maximum absolute atomic E-state index is 15.2. The normalized spacial score (nSPS) is 12.5. The summed E-state index contributed by atoms with van der Waals surface area (Å²) in [7, 11) is -3.43. The topological polar surface area (TPSA) is 103 Å². The van der Waals surface area contributed by atoms with Gasteiger partial charge in [-0.05, 0) is 62.7 Å². The molecule has 0 radical (unpaired) electrons. The average molecular weight is 645 g/mol. The average Bonchev–Trinajstić information content (AvgIpc) is 3.44. The molecule has 0 amide bonds. The number of ether oxygens (including phenoxy) is 2. The number of halogens is 3. The Labute approximate surface area is 256 Å². The number of benzene rings is 3. The Balaban J connectivity index is 1.34. The fourth-order valence-electron chi connectivity index (χ4n) is 4.16. The molecule has 0 fully saturated rings. The van der Waals surface area contributed by atoms with E-state index >= 15 is 4.39 Å². The monoisotopic (exact) mass is 644 g/mol. The van der Waals surface area contributed by atoms with Crippen LogP contribution in [0.3, 0.4) is 0 Å². The van der Waals surface area contributed by atoms with Crippen LogP contribution < -0.4 is 10.1 Å². The SMILES string of the molecule is CC(C)S(=O)(=O)C(C)OCc1nc(-c2cc3c(Nc4ccc(OCc5cccc(F)c5)c(Cl)c4)ncnc3cc2F)cs1. The van der Waals surface area contributed by atoms with E-state index < -0.39 is 26.3 Å². The molecule has 2 aromatic heterocycles. The highest BCUT2D eigenvalue weighted by molar-refractivity contribution is 7.92. The van der Waals surface area contributed by atoms with Crippen LogP contribution in [0.5, 0.6) is 5.75 Å². The zero-order valence-corrected chi connectivity index (χ0v) is 25.7. The standard InChI is InChI=1S/C30H27ClF2N4O4S2/c1-17(2)43(38,39)18(3)40-14-29-37-27(15-42-29)22-11-23-26(12-25(22)33)34-16-35-30(23)36-21-7-8-28(24(31)10-21)41-13-19-5-4-6-20(32)9-19/h4-12,15-18H,13-14H2,1-3H3,(H,34,35,36). The van der Waals surface area contributed by atoms with Crippen LogP contribution in [0.4, 0.5) is 20.3 Å². The van der Waals surface area contributed by atoms with Gasteiger partial charge in [-0.15, -0.1) is 11.3 Å². The van der Waals surface area contributed by atoms with Crippen molar-refractivity contribution in [2.45, 2.75) is 44.7 Å². The molecule has 0 spiro atoms. The number of nitrogens with one attached hydrogen (secondary N) is 1. The van der Waals surface area contributed by atoms with E-state index in [2.05, 4.69) is 20.3 Å². The van der Waals surface area contributed by atoms with Crippen LogP contribution in [-0.2, 0) is 27.8 Å². The van der Waals surface area contributed by atoms with Crippen LogP contribution in [0.15, 0.2) is 66.3 Å². The number of fused-ring (bicyclic) bond motifs is 1. The summed E-state index contributed by atoms with van der Waals surface area (Å²) in [5.41, 5.74) is 1.27. The van der Waals surface area contributed by atoms with Crippen LogP contribution in [0, 0.1) is 11.6 Å². The molecule has 2 heterocycles. The molecular weight excluding hydrogens is 618 g/mol. The summed E-state index contributed by atoms with van der Waals surface area (Å²) in [5, 5.41) is 5.70. The van der Waals surface area contributed by atoms with Gasteiger partial charge in [-0.2, -0.15) is 0 Å². The van der Waals surface area contributed by atoms with Crippen molar-refractivity contribution in [1.82, 2.24) is 15.0 Å². The van der Waals surface area contributed by atoms with Crippen molar-refractivity contribution in [3.8, 4) is 17.0 Å². The fraction of sp³-hybridized carbons (Fsp3) is 0.233. The Kier molecular flexibility index (Phi) is 9.21. The third-order valence-corrected chi connectivity index (χ3v) is 10.1. The molecule has 0 saturated carbocycles. The molecular formula is C30H27ClF2N4O4S2. The summed E-state index contributed by atoms with van der Waals surface area (Å²) in [5.74, 6) is -0.0240. The van der Waals surface area contributed by atoms with Crippen molar-refractivity contribution in [3.63, 3.8) is 0 Å². The zero-order chi connectivity index (χ0) is 30.7. The van der Waals surface area contributed by atoms with Crippen molar-refractivity contribution in [1.29, 1.82) is 0 Å². The first-order valence-electron chi connectivity index (χ1n) is 13.2. The predicted octanol–water partition coefficient (Wildman–Crippen LogP) is 7.69. The lowest BCUT2D eigenvalue weighted by molar-refractivity contribution is 0.103. The Hall–Kier alpha value is -3.71. The number of nitrogens with zero attached hydrogens (tertiary/aromatic N) is 3. The first-order valence-corrected chi connectivity index (χ1v) is 16.0. The molecule has 0 aliphatic rings. The lowest BCUT2D eigenvalue weighted by atomic mass is 10.1. The highest BCUT2D eigenvalue weighted by atomic mass is 35.5. The van der Waals surface area contributed by atoms with Gasteiger partial charge in [0.1, 0.15) is 47.8 Å². The smallest absolute Gasteiger partial charge is 0.179 e. The van der Waals surface area contributed by atoms with Gasteiger partial charge in [0.15, 0.2) is 15.3 Å². The van der Waals surface area contributed by atoms with E-state index in [9.17, 15) is 12.8 Å². The van der Waals surface area contributed by atoms with E-state index in [1.165, 1.54) is 42.8 Å². The minimum Gasteiger partial charge on any atom is -0.487 e. The molecule has 43 heavy (non-hydrogen) atoms. The molecule has 13 heteroatoms. The van der Waals surface area contributed by atoms with Crippen LogP contribution in [0.1, 0.15) is 31.3 Å². The van der Waals surface area contributed by atoms with E-state index in [1.54, 1.807) is 55.6 Å². The number of thiazole rings is 1. The summed E-state index contributed by atoms with van der Waals surface area (Å²) < 4.78 is 64.5. The van der Waals surface area contributed by atoms with Gasteiger partial charge >= 0.3 is 0 Å². The predicted molar refractivity (Wildman–Crippen MR) is 164 cm³/mol. The largest absolute Gasteiger partial charge is 0.487 e. The molecule has 0 bridgehead atoms. The van der Waals surface area contributed by atoms with Crippen LogP contribution in [-0.4, -0.2) is 34.1 Å². The Bertz CT molecular complexity index is 1890. The summed E-state index contributed by atoms with van der Waals surface area (Å²) >= 11 is 7.70. The molecule has 0 saturated heterocycles. The number of sulfone groups is 1. The van der Waals surface area contributed by atoms with Crippen molar-refractivity contribution < 1.29 is 26.7 Å². The maximum atomic E-state index is 15.2. The molecule has 1 N–H and O–H groups in total. The van der Waals surface area contributed by atoms with Gasteiger partial charge in [0.25, 0.3) is 0 Å². The lowest BCUT2D eigenvalue weighted by Crippen LogP contribution is -2.28. The molecule has 5 rings (SSSR count). The second kappa shape index (κ2) is 12.9. The molecule has 1 unspecified atom stereocenters. The second-order valence-electron chi connectivity index (χ2n) is 9.90. The van der Waals surface area contributed by atoms with Gasteiger partial charge < -0.3 is 14.8 Å². The molecule has 0 aliphatic carbocycles. The first kappa shape index (κ1) is 30.7. The van der Waals surface area contributed by atoms with Gasteiger partial charge in [0.2, 0.25) is 0 Å². The van der Waals surface area contributed by atoms with Crippen molar-refractivity contribution >= 4 is 55.2 Å². The Morgan fingerprint density at radius 3 is 2.58 bits per heavy atom. The maximum Gasteiger partial charge on any atom is 0.179 e. The quantitative estimate of drug-likeness (QED) is 0.156. The molecule has 0 aliphatic heterocycles. The number of rotatable bonds is 11. The highest BCUT2D eigenvalue weighted by Gasteiger charge is 2.25. The van der Waals surface area contributed by atoms with Crippen LogP contribution >= 0.6 is 22.9 Å². The summed E-state index contributed by atoms with van der Waals surface area (Å²) in [6, 6.07) is 14.1. The number of hydrogen-bond donors (Lipinski definition) is 1.